The van der Waals surface area contributed by atoms with E-state index in [-0.39, 0.29) is 16.8 Å². The van der Waals surface area contributed by atoms with Crippen molar-refractivity contribution in [2.45, 2.75) is 0 Å². The van der Waals surface area contributed by atoms with Crippen molar-refractivity contribution in [1.82, 2.24) is 0 Å². The van der Waals surface area contributed by atoms with Crippen LogP contribution >= 0.6 is 0 Å². The average molecular weight is 286 g/mol. The van der Waals surface area contributed by atoms with E-state index in [1.807, 2.05) is 0 Å². The highest BCUT2D eigenvalue weighted by Gasteiger charge is 2.09. The van der Waals surface area contributed by atoms with Gasteiger partial charge in [-0.05, 0) is 36.4 Å². The number of azo groups is 1. The molecule has 0 aliphatic carbocycles. The quantitative estimate of drug-likeness (QED) is 0.745. The second kappa shape index (κ2) is 5.83. The Morgan fingerprint density at radius 1 is 0.810 bits per heavy atom. The molecule has 2 aromatic carbocycles. The van der Waals surface area contributed by atoms with Gasteiger partial charge in [-0.15, -0.1) is 0 Å². The van der Waals surface area contributed by atoms with Gasteiger partial charge in [0.1, 0.15) is 11.3 Å². The molecular formula is C14H10N2O5. The molecule has 0 saturated carbocycles. The third kappa shape index (κ3) is 3.41. The van der Waals surface area contributed by atoms with Crippen molar-refractivity contribution in [3.8, 4) is 5.75 Å². The molecule has 2 rings (SSSR count). The minimum Gasteiger partial charge on any atom is -0.507 e. The predicted molar refractivity (Wildman–Crippen MR) is 72.6 cm³/mol. The molecule has 0 amide bonds. The number of rotatable bonds is 4. The summed E-state index contributed by atoms with van der Waals surface area (Å²) in [5.41, 5.74) is 0.624. The highest BCUT2D eigenvalue weighted by atomic mass is 16.4. The molecular weight excluding hydrogens is 276 g/mol. The maximum absolute atomic E-state index is 10.7. The van der Waals surface area contributed by atoms with Crippen molar-refractivity contribution in [2.24, 2.45) is 10.2 Å². The van der Waals surface area contributed by atoms with E-state index >= 15 is 0 Å². The lowest BCUT2D eigenvalue weighted by Crippen LogP contribution is -1.95. The molecule has 106 valence electrons. The van der Waals surface area contributed by atoms with Crippen molar-refractivity contribution in [3.63, 3.8) is 0 Å². The number of carbonyl (C=O) groups is 2. The molecule has 0 heterocycles. The van der Waals surface area contributed by atoms with Gasteiger partial charge >= 0.3 is 11.9 Å². The lowest BCUT2D eigenvalue weighted by Gasteiger charge is -1.99. The smallest absolute Gasteiger partial charge is 0.339 e. The molecule has 0 bridgehead atoms. The van der Waals surface area contributed by atoms with Crippen molar-refractivity contribution in [2.75, 3.05) is 0 Å². The highest BCUT2D eigenvalue weighted by Crippen LogP contribution is 2.25. The molecule has 0 radical (unpaired) electrons. The Kier molecular flexibility index (Phi) is 3.94. The summed E-state index contributed by atoms with van der Waals surface area (Å²) in [7, 11) is 0. The highest BCUT2D eigenvalue weighted by molar-refractivity contribution is 5.91. The van der Waals surface area contributed by atoms with Gasteiger partial charge in [0.05, 0.1) is 16.9 Å². The Balaban J connectivity index is 2.19. The van der Waals surface area contributed by atoms with Crippen molar-refractivity contribution < 1.29 is 24.9 Å². The van der Waals surface area contributed by atoms with E-state index in [0.29, 0.717) is 5.69 Å². The zero-order valence-electron chi connectivity index (χ0n) is 10.6. The van der Waals surface area contributed by atoms with Gasteiger partial charge < -0.3 is 15.3 Å². The van der Waals surface area contributed by atoms with Gasteiger partial charge in [-0.1, -0.05) is 0 Å². The number of hydrogen-bond donors (Lipinski definition) is 3. The van der Waals surface area contributed by atoms with Crippen LogP contribution < -0.4 is 0 Å². The average Bonchev–Trinajstić information content (AvgIpc) is 2.45. The monoisotopic (exact) mass is 286 g/mol. The molecule has 0 aromatic heterocycles. The fourth-order valence-electron chi connectivity index (χ4n) is 1.55. The molecule has 0 aliphatic rings. The maximum Gasteiger partial charge on any atom is 0.339 e. The fraction of sp³-hybridized carbons (Fsp3) is 0. The van der Waals surface area contributed by atoms with Gasteiger partial charge in [-0.2, -0.15) is 10.2 Å². The van der Waals surface area contributed by atoms with Crippen molar-refractivity contribution in [3.05, 3.63) is 53.6 Å². The molecule has 21 heavy (non-hydrogen) atoms. The molecule has 2 aromatic rings. The van der Waals surface area contributed by atoms with E-state index in [1.165, 1.54) is 42.5 Å². The van der Waals surface area contributed by atoms with Crippen LogP contribution in [0.25, 0.3) is 0 Å². The number of aromatic carboxylic acids is 2. The van der Waals surface area contributed by atoms with Crippen LogP contribution in [0.2, 0.25) is 0 Å². The number of nitrogens with zero attached hydrogens (tertiary/aromatic N) is 2. The molecule has 7 heteroatoms. The molecule has 0 saturated heterocycles. The lowest BCUT2D eigenvalue weighted by atomic mass is 10.2. The first-order chi connectivity index (χ1) is 9.97. The third-order valence-electron chi connectivity index (χ3n) is 2.61. The third-order valence-corrected chi connectivity index (χ3v) is 2.61. The van der Waals surface area contributed by atoms with Gasteiger partial charge in [-0.25, -0.2) is 9.59 Å². The van der Waals surface area contributed by atoms with Crippen LogP contribution in [0, 0.1) is 0 Å². The Hall–Kier alpha value is -3.22. The van der Waals surface area contributed by atoms with Crippen LogP contribution in [-0.4, -0.2) is 27.3 Å². The van der Waals surface area contributed by atoms with E-state index < -0.39 is 17.7 Å². The zero-order valence-corrected chi connectivity index (χ0v) is 10.6. The summed E-state index contributed by atoms with van der Waals surface area (Å²) >= 11 is 0. The van der Waals surface area contributed by atoms with Gasteiger partial charge in [0, 0.05) is 6.07 Å². The lowest BCUT2D eigenvalue weighted by molar-refractivity contribution is 0.0684. The normalized spacial score (nSPS) is 10.7. The predicted octanol–water partition coefficient (Wildman–Crippen LogP) is 3.20. The Morgan fingerprint density at radius 3 is 1.90 bits per heavy atom. The van der Waals surface area contributed by atoms with Gasteiger partial charge in [-0.3, -0.25) is 0 Å². The first-order valence-electron chi connectivity index (χ1n) is 5.79. The van der Waals surface area contributed by atoms with Crippen LogP contribution in [0.15, 0.2) is 52.7 Å². The number of phenols is 1. The SMILES string of the molecule is O=C(O)c1ccc(N=Nc2ccc(C(=O)O)c(O)c2)cc1. The van der Waals surface area contributed by atoms with Crippen LogP contribution in [0.5, 0.6) is 5.75 Å². The summed E-state index contributed by atoms with van der Waals surface area (Å²) in [6.07, 6.45) is 0. The molecule has 7 nitrogen and oxygen atoms in total. The molecule has 0 atom stereocenters. The van der Waals surface area contributed by atoms with Gasteiger partial charge in [0.25, 0.3) is 0 Å². The minimum absolute atomic E-state index is 0.136. The molecule has 3 N–H and O–H groups in total. The van der Waals surface area contributed by atoms with Gasteiger partial charge in [0.15, 0.2) is 0 Å². The zero-order chi connectivity index (χ0) is 15.4. The number of aromatic hydroxyl groups is 1. The topological polar surface area (TPSA) is 120 Å². The Morgan fingerprint density at radius 2 is 1.38 bits per heavy atom. The van der Waals surface area contributed by atoms with E-state index in [2.05, 4.69) is 10.2 Å². The van der Waals surface area contributed by atoms with E-state index in [9.17, 15) is 14.7 Å². The molecule has 0 fully saturated rings. The van der Waals surface area contributed by atoms with Crippen molar-refractivity contribution in [1.29, 1.82) is 0 Å². The number of carboxylic acids is 2. The van der Waals surface area contributed by atoms with Crippen LogP contribution in [-0.2, 0) is 0 Å². The second-order valence-electron chi connectivity index (χ2n) is 4.06. The van der Waals surface area contributed by atoms with E-state index in [0.717, 1.165) is 0 Å². The number of benzene rings is 2. The summed E-state index contributed by atoms with van der Waals surface area (Å²) in [6.45, 7) is 0. The van der Waals surface area contributed by atoms with E-state index in [1.54, 1.807) is 0 Å². The molecule has 0 unspecified atom stereocenters. The molecule has 0 aliphatic heterocycles. The van der Waals surface area contributed by atoms with Crippen LogP contribution in [0.3, 0.4) is 0 Å². The second-order valence-corrected chi connectivity index (χ2v) is 4.06. The summed E-state index contributed by atoms with van der Waals surface area (Å²) in [5, 5.41) is 34.7. The largest absolute Gasteiger partial charge is 0.507 e. The van der Waals surface area contributed by atoms with Gasteiger partial charge in [0.2, 0.25) is 0 Å². The van der Waals surface area contributed by atoms with Crippen LogP contribution in [0.4, 0.5) is 11.4 Å². The summed E-state index contributed by atoms with van der Waals surface area (Å²) in [6, 6.07) is 9.55. The Labute approximate surface area is 118 Å². The van der Waals surface area contributed by atoms with Crippen molar-refractivity contribution >= 4 is 23.3 Å². The van der Waals surface area contributed by atoms with Crippen LogP contribution in [0.1, 0.15) is 20.7 Å². The Bertz CT molecular complexity index is 723. The fourth-order valence-corrected chi connectivity index (χ4v) is 1.55. The first kappa shape index (κ1) is 14.2. The number of hydrogen-bond acceptors (Lipinski definition) is 5. The summed E-state index contributed by atoms with van der Waals surface area (Å²) in [4.78, 5) is 21.4. The maximum atomic E-state index is 10.7. The standard InChI is InChI=1S/C14H10N2O5/c17-12-7-10(5-6-11(12)14(20)21)16-15-9-3-1-8(2-4-9)13(18)19/h1-7,17H,(H,18,19)(H,20,21). The summed E-state index contributed by atoms with van der Waals surface area (Å²) < 4.78 is 0. The van der Waals surface area contributed by atoms with E-state index in [4.69, 9.17) is 10.2 Å². The first-order valence-corrected chi connectivity index (χ1v) is 5.79. The summed E-state index contributed by atoms with van der Waals surface area (Å²) in [5.74, 6) is -2.67. The number of carboxylic acid groups (broad SMARTS) is 2. The minimum atomic E-state index is -1.24. The molecule has 0 spiro atoms.